The van der Waals surface area contributed by atoms with E-state index in [1.807, 2.05) is 90.8 Å². The van der Waals surface area contributed by atoms with Crippen molar-refractivity contribution in [1.82, 2.24) is 0 Å². The van der Waals surface area contributed by atoms with Gasteiger partial charge in [0.2, 0.25) is 5.60 Å². The number of hydrogen-bond donors (Lipinski definition) is 0. The summed E-state index contributed by atoms with van der Waals surface area (Å²) in [5.41, 5.74) is 3.52. The number of ether oxygens (including phenoxy) is 1. The molecule has 3 nitrogen and oxygen atoms in total. The maximum atomic E-state index is 13.7. The maximum Gasteiger partial charge on any atom is 0.208 e. The fourth-order valence-corrected chi connectivity index (χ4v) is 4.34. The summed E-state index contributed by atoms with van der Waals surface area (Å²) >= 11 is 6.32. The summed E-state index contributed by atoms with van der Waals surface area (Å²) in [6.45, 7) is 4.28. The van der Waals surface area contributed by atoms with Gasteiger partial charge in [-0.25, -0.2) is 0 Å². The maximum absolute atomic E-state index is 13.7. The van der Waals surface area contributed by atoms with Crippen LogP contribution in [0, 0.1) is 0 Å². The first-order valence-corrected chi connectivity index (χ1v) is 9.74. The molecule has 0 aliphatic carbocycles. The van der Waals surface area contributed by atoms with Crippen LogP contribution in [-0.4, -0.2) is 12.8 Å². The average molecular weight is 400 g/mol. The molecule has 0 aromatic heterocycles. The van der Waals surface area contributed by atoms with Crippen LogP contribution in [0.4, 0.5) is 5.69 Å². The molecule has 0 saturated heterocycles. The predicted octanol–water partition coefficient (Wildman–Crippen LogP) is 5.82. The second-order valence-corrected chi connectivity index (χ2v) is 7.65. The van der Waals surface area contributed by atoms with Gasteiger partial charge in [0.1, 0.15) is 5.76 Å². The number of carbonyl (C=O) groups is 1. The zero-order valence-electron chi connectivity index (χ0n) is 15.9. The molecule has 0 saturated carbocycles. The van der Waals surface area contributed by atoms with Gasteiger partial charge in [-0.1, -0.05) is 78.8 Å². The first kappa shape index (κ1) is 17.8. The third-order valence-electron chi connectivity index (χ3n) is 5.64. The number of rotatable bonds is 3. The van der Waals surface area contributed by atoms with Crippen molar-refractivity contribution in [3.05, 3.63) is 118 Å². The molecule has 4 heteroatoms. The topological polar surface area (TPSA) is 29.5 Å². The highest BCUT2D eigenvalue weighted by atomic mass is 35.5. The van der Waals surface area contributed by atoms with Crippen LogP contribution in [-0.2, 0) is 10.3 Å². The van der Waals surface area contributed by atoms with E-state index in [9.17, 15) is 4.79 Å². The van der Waals surface area contributed by atoms with Crippen molar-refractivity contribution in [1.29, 1.82) is 0 Å². The molecular formula is C25H18ClNO2. The van der Waals surface area contributed by atoms with E-state index in [0.717, 1.165) is 16.8 Å². The van der Waals surface area contributed by atoms with Gasteiger partial charge in [0.15, 0.2) is 5.78 Å². The van der Waals surface area contributed by atoms with E-state index < -0.39 is 5.60 Å². The summed E-state index contributed by atoms with van der Waals surface area (Å²) in [6.07, 6.45) is 0. The van der Waals surface area contributed by atoms with Crippen LogP contribution in [0.15, 0.2) is 96.7 Å². The zero-order chi connectivity index (χ0) is 20.2. The molecule has 142 valence electrons. The minimum Gasteiger partial charge on any atom is -0.470 e. The molecule has 0 fully saturated rings. The molecule has 2 aliphatic heterocycles. The molecule has 0 unspecified atom stereocenters. The SMILES string of the molecule is C=C1N(C)c2ccc(Cl)cc2[C@]12OC(c1ccccc1)=C2C(=O)c1ccccc1. The van der Waals surface area contributed by atoms with Crippen molar-refractivity contribution in [3.63, 3.8) is 0 Å². The number of nitrogens with zero attached hydrogens (tertiary/aromatic N) is 1. The Balaban J connectivity index is 1.77. The molecule has 0 bridgehead atoms. The first-order valence-electron chi connectivity index (χ1n) is 9.36. The van der Waals surface area contributed by atoms with Gasteiger partial charge in [-0.3, -0.25) is 4.79 Å². The molecule has 1 atom stereocenters. The average Bonchev–Trinajstić information content (AvgIpc) is 2.95. The van der Waals surface area contributed by atoms with Gasteiger partial charge in [-0.2, -0.15) is 0 Å². The summed E-state index contributed by atoms with van der Waals surface area (Å²) < 4.78 is 6.45. The quantitative estimate of drug-likeness (QED) is 0.519. The predicted molar refractivity (Wildman–Crippen MR) is 116 cm³/mol. The molecular weight excluding hydrogens is 382 g/mol. The van der Waals surface area contributed by atoms with Crippen molar-refractivity contribution in [2.45, 2.75) is 5.60 Å². The summed E-state index contributed by atoms with van der Waals surface area (Å²) in [4.78, 5) is 15.7. The van der Waals surface area contributed by atoms with Gasteiger partial charge in [-0.15, -0.1) is 0 Å². The number of halogens is 1. The zero-order valence-corrected chi connectivity index (χ0v) is 16.6. The summed E-state index contributed by atoms with van der Waals surface area (Å²) in [7, 11) is 1.93. The van der Waals surface area contributed by atoms with Crippen molar-refractivity contribution < 1.29 is 9.53 Å². The lowest BCUT2D eigenvalue weighted by Gasteiger charge is -2.44. The number of benzene rings is 3. The van der Waals surface area contributed by atoms with Crippen LogP contribution in [0.5, 0.6) is 0 Å². The highest BCUT2D eigenvalue weighted by Gasteiger charge is 2.60. The monoisotopic (exact) mass is 399 g/mol. The summed E-state index contributed by atoms with van der Waals surface area (Å²) in [5.74, 6) is 0.514. The third-order valence-corrected chi connectivity index (χ3v) is 5.88. The van der Waals surface area contributed by atoms with E-state index in [4.69, 9.17) is 16.3 Å². The normalized spacial score (nSPS) is 19.8. The van der Waals surface area contributed by atoms with E-state index >= 15 is 0 Å². The summed E-state index contributed by atoms with van der Waals surface area (Å²) in [6, 6.07) is 24.6. The smallest absolute Gasteiger partial charge is 0.208 e. The van der Waals surface area contributed by atoms with Crippen molar-refractivity contribution in [3.8, 4) is 0 Å². The lowest BCUT2D eigenvalue weighted by Crippen LogP contribution is -2.44. The minimum absolute atomic E-state index is 0.0712. The summed E-state index contributed by atoms with van der Waals surface area (Å²) in [5, 5.41) is 0.592. The standard InChI is InChI=1S/C25H18ClNO2/c1-16-25(20-15-19(26)13-14-21(20)27(16)2)22(23(28)17-9-5-3-6-10-17)24(29-25)18-11-7-4-8-12-18/h3-15H,1H2,2H3/t25-/m1/s1. The van der Waals surface area contributed by atoms with Crippen LogP contribution >= 0.6 is 11.6 Å². The fraction of sp³-hybridized carbons (Fsp3) is 0.0800. The van der Waals surface area contributed by atoms with E-state index in [0.29, 0.717) is 27.6 Å². The van der Waals surface area contributed by atoms with Gasteiger partial charge in [0.25, 0.3) is 0 Å². The number of Topliss-reactive ketones (excluding diaryl/α,β-unsaturated/α-hetero) is 1. The highest BCUT2D eigenvalue weighted by molar-refractivity contribution is 6.31. The van der Waals surface area contributed by atoms with Gasteiger partial charge < -0.3 is 9.64 Å². The van der Waals surface area contributed by atoms with Gasteiger partial charge in [0, 0.05) is 34.4 Å². The Labute approximate surface area is 174 Å². The molecule has 3 aromatic rings. The van der Waals surface area contributed by atoms with E-state index in [1.54, 1.807) is 0 Å². The van der Waals surface area contributed by atoms with Crippen LogP contribution in [0.2, 0.25) is 5.02 Å². The Hall–Kier alpha value is -3.30. The fourth-order valence-electron chi connectivity index (χ4n) is 4.17. The Morgan fingerprint density at radius 1 is 1.00 bits per heavy atom. The number of carbonyl (C=O) groups excluding carboxylic acids is 1. The van der Waals surface area contributed by atoms with Gasteiger partial charge >= 0.3 is 0 Å². The Kier molecular flexibility index (Phi) is 3.90. The molecule has 2 aliphatic rings. The van der Waals surface area contributed by atoms with Crippen molar-refractivity contribution in [2.24, 2.45) is 0 Å². The lowest BCUT2D eigenvalue weighted by atomic mass is 9.75. The van der Waals surface area contributed by atoms with Gasteiger partial charge in [-0.05, 0) is 18.2 Å². The molecule has 0 amide bonds. The molecule has 1 spiro atoms. The van der Waals surface area contributed by atoms with Crippen LogP contribution < -0.4 is 4.90 Å². The Morgan fingerprint density at radius 3 is 2.34 bits per heavy atom. The number of hydrogen-bond acceptors (Lipinski definition) is 3. The van der Waals surface area contributed by atoms with Crippen molar-refractivity contribution >= 4 is 28.8 Å². The molecule has 0 N–H and O–H groups in total. The highest BCUT2D eigenvalue weighted by Crippen LogP contribution is 2.61. The Bertz CT molecular complexity index is 1180. The third kappa shape index (κ3) is 2.41. The molecule has 5 rings (SSSR count). The second kappa shape index (κ2) is 6.36. The van der Waals surface area contributed by atoms with E-state index in [1.165, 1.54) is 0 Å². The van der Waals surface area contributed by atoms with Crippen molar-refractivity contribution in [2.75, 3.05) is 11.9 Å². The van der Waals surface area contributed by atoms with Crippen LogP contribution in [0.25, 0.3) is 5.76 Å². The molecule has 2 heterocycles. The largest absolute Gasteiger partial charge is 0.470 e. The Morgan fingerprint density at radius 2 is 1.66 bits per heavy atom. The van der Waals surface area contributed by atoms with Gasteiger partial charge in [0.05, 0.1) is 11.3 Å². The van der Waals surface area contributed by atoms with E-state index in [2.05, 4.69) is 6.58 Å². The second-order valence-electron chi connectivity index (χ2n) is 7.22. The minimum atomic E-state index is -1.03. The first-order chi connectivity index (χ1) is 14.0. The number of likely N-dealkylation sites (N-methyl/N-ethyl adjacent to an activating group) is 1. The number of anilines is 1. The molecule has 29 heavy (non-hydrogen) atoms. The molecule has 3 aromatic carbocycles. The number of ketones is 1. The van der Waals surface area contributed by atoms with Crippen LogP contribution in [0.3, 0.4) is 0 Å². The van der Waals surface area contributed by atoms with Crippen LogP contribution in [0.1, 0.15) is 21.5 Å². The number of fused-ring (bicyclic) bond motifs is 2. The lowest BCUT2D eigenvalue weighted by molar-refractivity contribution is 0.0568. The molecule has 0 radical (unpaired) electrons. The van der Waals surface area contributed by atoms with E-state index in [-0.39, 0.29) is 5.78 Å².